The van der Waals surface area contributed by atoms with E-state index in [1.54, 1.807) is 9.80 Å². The summed E-state index contributed by atoms with van der Waals surface area (Å²) in [6.45, 7) is 6.49. The van der Waals surface area contributed by atoms with Crippen molar-refractivity contribution < 1.29 is 9.59 Å². The second-order valence-corrected chi connectivity index (χ2v) is 6.27. The fourth-order valence-electron chi connectivity index (χ4n) is 2.67. The summed E-state index contributed by atoms with van der Waals surface area (Å²) in [5.41, 5.74) is 2.25. The fourth-order valence-corrected chi connectivity index (χ4v) is 2.67. The molecule has 0 N–H and O–H groups in total. The molecule has 3 rings (SSSR count). The Bertz CT molecular complexity index is 626. The van der Waals surface area contributed by atoms with Gasteiger partial charge in [-0.1, -0.05) is 24.3 Å². The first-order chi connectivity index (χ1) is 9.38. The highest BCUT2D eigenvalue weighted by molar-refractivity contribution is 6.07. The normalized spacial score (nSPS) is 18.6. The van der Waals surface area contributed by atoms with Crippen LogP contribution in [0.4, 0.5) is 0 Å². The first-order valence-corrected chi connectivity index (χ1v) is 6.80. The SMILES string of the molecule is CC(C)(C)N1CC(=O)N2Cc3ccccc3C=C2C1=O. The van der Waals surface area contributed by atoms with Crippen LogP contribution >= 0.6 is 0 Å². The Morgan fingerprint density at radius 3 is 2.45 bits per heavy atom. The molecule has 2 aliphatic rings. The van der Waals surface area contributed by atoms with Crippen molar-refractivity contribution in [2.45, 2.75) is 32.9 Å². The summed E-state index contributed by atoms with van der Waals surface area (Å²) < 4.78 is 0. The van der Waals surface area contributed by atoms with Gasteiger partial charge >= 0.3 is 0 Å². The predicted octanol–water partition coefficient (Wildman–Crippen LogP) is 2.01. The van der Waals surface area contributed by atoms with Gasteiger partial charge in [0.25, 0.3) is 5.91 Å². The molecular weight excluding hydrogens is 252 g/mol. The quantitative estimate of drug-likeness (QED) is 0.723. The highest BCUT2D eigenvalue weighted by atomic mass is 16.2. The van der Waals surface area contributed by atoms with E-state index in [0.717, 1.165) is 11.1 Å². The molecule has 4 heteroatoms. The molecule has 2 amide bonds. The van der Waals surface area contributed by atoms with E-state index in [4.69, 9.17) is 0 Å². The largest absolute Gasteiger partial charge is 0.323 e. The maximum absolute atomic E-state index is 12.6. The van der Waals surface area contributed by atoms with E-state index in [0.29, 0.717) is 12.2 Å². The molecule has 0 aliphatic carbocycles. The summed E-state index contributed by atoms with van der Waals surface area (Å²) in [4.78, 5) is 28.2. The Balaban J connectivity index is 2.07. The van der Waals surface area contributed by atoms with Crippen molar-refractivity contribution in [1.82, 2.24) is 9.80 Å². The van der Waals surface area contributed by atoms with Gasteiger partial charge in [-0.25, -0.2) is 0 Å². The summed E-state index contributed by atoms with van der Waals surface area (Å²) in [5.74, 6) is -0.0770. The summed E-state index contributed by atoms with van der Waals surface area (Å²) in [6.07, 6.45) is 1.83. The minimum Gasteiger partial charge on any atom is -0.323 e. The zero-order valence-corrected chi connectivity index (χ0v) is 12.0. The van der Waals surface area contributed by atoms with E-state index >= 15 is 0 Å². The Hall–Kier alpha value is -2.10. The number of rotatable bonds is 0. The summed E-state index contributed by atoms with van der Waals surface area (Å²) in [7, 11) is 0. The molecule has 0 bridgehead atoms. The van der Waals surface area contributed by atoms with Crippen molar-refractivity contribution in [3.05, 3.63) is 41.1 Å². The smallest absolute Gasteiger partial charge is 0.271 e. The number of fused-ring (bicyclic) bond motifs is 2. The predicted molar refractivity (Wildman–Crippen MR) is 76.4 cm³/mol. The van der Waals surface area contributed by atoms with Crippen molar-refractivity contribution in [2.24, 2.45) is 0 Å². The third-order valence-corrected chi connectivity index (χ3v) is 3.84. The van der Waals surface area contributed by atoms with E-state index in [9.17, 15) is 9.59 Å². The van der Waals surface area contributed by atoms with Crippen molar-refractivity contribution >= 4 is 17.9 Å². The molecule has 1 aromatic rings. The van der Waals surface area contributed by atoms with Gasteiger partial charge in [-0.05, 0) is 38.0 Å². The van der Waals surface area contributed by atoms with Crippen molar-refractivity contribution in [3.63, 3.8) is 0 Å². The lowest BCUT2D eigenvalue weighted by Crippen LogP contribution is -2.58. The lowest BCUT2D eigenvalue weighted by atomic mass is 9.97. The Labute approximate surface area is 118 Å². The lowest BCUT2D eigenvalue weighted by Gasteiger charge is -2.43. The Morgan fingerprint density at radius 2 is 1.75 bits per heavy atom. The van der Waals surface area contributed by atoms with Crippen molar-refractivity contribution in [2.75, 3.05) is 6.54 Å². The number of carbonyl (C=O) groups excluding carboxylic acids is 2. The molecule has 0 spiro atoms. The van der Waals surface area contributed by atoms with Crippen LogP contribution in [0.3, 0.4) is 0 Å². The molecule has 104 valence electrons. The maximum Gasteiger partial charge on any atom is 0.271 e. The third kappa shape index (κ3) is 1.92. The van der Waals surface area contributed by atoms with Gasteiger partial charge in [0.2, 0.25) is 5.91 Å². The molecule has 1 saturated heterocycles. The highest BCUT2D eigenvalue weighted by Gasteiger charge is 2.41. The number of hydrogen-bond acceptors (Lipinski definition) is 2. The summed E-state index contributed by atoms with van der Waals surface area (Å²) >= 11 is 0. The number of hydrogen-bond donors (Lipinski definition) is 0. The van der Waals surface area contributed by atoms with E-state index < -0.39 is 0 Å². The molecule has 0 aromatic heterocycles. The molecule has 1 fully saturated rings. The van der Waals surface area contributed by atoms with Crippen LogP contribution < -0.4 is 0 Å². The Morgan fingerprint density at radius 1 is 1.05 bits per heavy atom. The van der Waals surface area contributed by atoms with Crippen LogP contribution in [0.2, 0.25) is 0 Å². The van der Waals surface area contributed by atoms with Gasteiger partial charge < -0.3 is 9.80 Å². The second kappa shape index (κ2) is 4.20. The maximum atomic E-state index is 12.6. The van der Waals surface area contributed by atoms with E-state index in [1.807, 2.05) is 51.1 Å². The van der Waals surface area contributed by atoms with E-state index in [-0.39, 0.29) is 23.9 Å². The second-order valence-electron chi connectivity index (χ2n) is 6.27. The average Bonchev–Trinajstić information content (AvgIpc) is 2.40. The molecule has 1 aromatic carbocycles. The average molecular weight is 270 g/mol. The molecule has 2 heterocycles. The van der Waals surface area contributed by atoms with Crippen LogP contribution in [0.25, 0.3) is 6.08 Å². The van der Waals surface area contributed by atoms with Crippen molar-refractivity contribution in [1.29, 1.82) is 0 Å². The zero-order valence-electron chi connectivity index (χ0n) is 12.0. The van der Waals surface area contributed by atoms with Gasteiger partial charge in [-0.15, -0.1) is 0 Å². The number of piperazine rings is 1. The van der Waals surface area contributed by atoms with Gasteiger partial charge in [0, 0.05) is 5.54 Å². The molecule has 0 unspecified atom stereocenters. The van der Waals surface area contributed by atoms with Crippen LogP contribution in [-0.4, -0.2) is 33.7 Å². The summed E-state index contributed by atoms with van der Waals surface area (Å²) in [5, 5.41) is 0. The van der Waals surface area contributed by atoms with Gasteiger partial charge in [0.05, 0.1) is 6.54 Å². The van der Waals surface area contributed by atoms with Gasteiger partial charge in [0.15, 0.2) is 0 Å². The monoisotopic (exact) mass is 270 g/mol. The number of benzene rings is 1. The van der Waals surface area contributed by atoms with Crippen LogP contribution in [0.1, 0.15) is 31.9 Å². The Kier molecular flexibility index (Phi) is 2.71. The van der Waals surface area contributed by atoms with Crippen molar-refractivity contribution in [3.8, 4) is 0 Å². The molecule has 0 saturated carbocycles. The first kappa shape index (κ1) is 12.9. The molecule has 0 radical (unpaired) electrons. The number of nitrogens with zero attached hydrogens (tertiary/aromatic N) is 2. The van der Waals surface area contributed by atoms with Gasteiger partial charge in [-0.3, -0.25) is 9.59 Å². The van der Waals surface area contributed by atoms with Crippen LogP contribution in [0.15, 0.2) is 30.0 Å². The first-order valence-electron chi connectivity index (χ1n) is 6.80. The van der Waals surface area contributed by atoms with Gasteiger partial charge in [0.1, 0.15) is 12.2 Å². The molecule has 2 aliphatic heterocycles. The highest BCUT2D eigenvalue weighted by Crippen LogP contribution is 2.31. The van der Waals surface area contributed by atoms with Crippen LogP contribution in [0, 0.1) is 0 Å². The molecule has 20 heavy (non-hydrogen) atoms. The van der Waals surface area contributed by atoms with E-state index in [1.165, 1.54) is 0 Å². The fraction of sp³-hybridized carbons (Fsp3) is 0.375. The summed E-state index contributed by atoms with van der Waals surface area (Å²) in [6, 6.07) is 7.88. The third-order valence-electron chi connectivity index (χ3n) is 3.84. The standard InChI is InChI=1S/C16H18N2O2/c1-16(2,3)18-10-14(19)17-9-12-7-5-4-6-11(12)8-13(17)15(18)20/h4-8H,9-10H2,1-3H3. The molecular formula is C16H18N2O2. The number of amides is 2. The van der Waals surface area contributed by atoms with Gasteiger partial charge in [-0.2, -0.15) is 0 Å². The van der Waals surface area contributed by atoms with Crippen LogP contribution in [-0.2, 0) is 16.1 Å². The van der Waals surface area contributed by atoms with E-state index in [2.05, 4.69) is 0 Å². The topological polar surface area (TPSA) is 40.6 Å². The molecule has 4 nitrogen and oxygen atoms in total. The minimum atomic E-state index is -0.351. The lowest BCUT2D eigenvalue weighted by molar-refractivity contribution is -0.150. The molecule has 0 atom stereocenters. The minimum absolute atomic E-state index is 0.0136. The zero-order chi connectivity index (χ0) is 14.5. The number of carbonyl (C=O) groups is 2. The van der Waals surface area contributed by atoms with Crippen LogP contribution in [0.5, 0.6) is 0 Å².